The zero-order valence-electron chi connectivity index (χ0n) is 18.4. The van der Waals surface area contributed by atoms with Gasteiger partial charge in [0.05, 0.1) is 11.5 Å². The van der Waals surface area contributed by atoms with Gasteiger partial charge in [-0.15, -0.1) is 11.8 Å². The molecule has 174 valence electrons. The predicted octanol–water partition coefficient (Wildman–Crippen LogP) is 4.02. The van der Waals surface area contributed by atoms with E-state index in [1.807, 2.05) is 35.3 Å². The highest BCUT2D eigenvalue weighted by atomic mass is 32.2. The summed E-state index contributed by atoms with van der Waals surface area (Å²) in [5, 5.41) is 12.7. The van der Waals surface area contributed by atoms with E-state index in [0.717, 1.165) is 16.0 Å². The number of halogens is 1. The number of carbonyl (C=O) groups excluding carboxylic acids is 1. The first kappa shape index (κ1) is 21.4. The molecule has 0 bridgehead atoms. The van der Waals surface area contributed by atoms with Crippen molar-refractivity contribution in [1.29, 1.82) is 0 Å². The van der Waals surface area contributed by atoms with Gasteiger partial charge in [0.1, 0.15) is 5.82 Å². The van der Waals surface area contributed by atoms with Gasteiger partial charge in [0.25, 0.3) is 0 Å². The maximum Gasteiger partial charge on any atom is 0.224 e. The summed E-state index contributed by atoms with van der Waals surface area (Å²) in [6.07, 6.45) is 2.46. The number of fused-ring (bicyclic) bond motifs is 3. The summed E-state index contributed by atoms with van der Waals surface area (Å²) in [7, 11) is 0. The number of hydrogen-bond donors (Lipinski definition) is 1. The van der Waals surface area contributed by atoms with Crippen molar-refractivity contribution in [2.24, 2.45) is 5.41 Å². The quantitative estimate of drug-likeness (QED) is 0.570. The summed E-state index contributed by atoms with van der Waals surface area (Å²) in [5.74, 6) is -0.515. The van der Waals surface area contributed by atoms with Crippen LogP contribution in [-0.2, 0) is 10.5 Å². The third-order valence-corrected chi connectivity index (χ3v) is 8.39. The maximum atomic E-state index is 15.5. The van der Waals surface area contributed by atoms with Crippen molar-refractivity contribution in [3.8, 4) is 5.75 Å². The lowest BCUT2D eigenvalue weighted by molar-refractivity contribution is 0.0122. The van der Waals surface area contributed by atoms with Gasteiger partial charge in [-0.2, -0.15) is 0 Å². The van der Waals surface area contributed by atoms with Crippen molar-refractivity contribution in [1.82, 2.24) is 4.68 Å². The Balaban J connectivity index is 1.65. The largest absolute Gasteiger partial charge is 0.503 e. The van der Waals surface area contributed by atoms with Crippen molar-refractivity contribution in [2.75, 3.05) is 24.8 Å². The molecule has 0 aliphatic carbocycles. The Kier molecular flexibility index (Phi) is 5.04. The van der Waals surface area contributed by atoms with Crippen LogP contribution >= 0.6 is 11.8 Å². The highest BCUT2D eigenvalue weighted by Crippen LogP contribution is 2.47. The van der Waals surface area contributed by atoms with Gasteiger partial charge in [0.2, 0.25) is 5.43 Å². The van der Waals surface area contributed by atoms with Crippen LogP contribution in [0.25, 0.3) is 0 Å². The zero-order chi connectivity index (χ0) is 23.4. The van der Waals surface area contributed by atoms with Crippen LogP contribution in [0.1, 0.15) is 46.1 Å². The van der Waals surface area contributed by atoms with E-state index in [1.54, 1.807) is 22.5 Å². The number of rotatable bonds is 1. The summed E-state index contributed by atoms with van der Waals surface area (Å²) < 4.78 is 22.7. The minimum Gasteiger partial charge on any atom is -0.503 e. The third kappa shape index (κ3) is 3.12. The molecule has 3 aliphatic rings. The van der Waals surface area contributed by atoms with E-state index < -0.39 is 22.6 Å². The maximum absolute atomic E-state index is 15.5. The Labute approximate surface area is 199 Å². The first-order valence-corrected chi connectivity index (χ1v) is 12.3. The molecule has 3 aromatic rings. The molecule has 6 rings (SSSR count). The molecule has 6 nitrogen and oxygen atoms in total. The molecule has 1 atom stereocenters. The standard InChI is InChI=1S/C26H23FN2O4S/c27-18-6-3-4-16-14-34-20-7-2-1-5-17(20)22(21(16)18)29-15-26(9-12-33-13-10-26)25(32)23-24(31)19(30)8-11-28(23)29/h1-8,11,22,31H,9-10,12-15H2. The van der Waals surface area contributed by atoms with Crippen LogP contribution in [0.15, 0.2) is 64.4 Å². The van der Waals surface area contributed by atoms with E-state index in [9.17, 15) is 14.7 Å². The fourth-order valence-corrected chi connectivity index (χ4v) is 6.57. The fourth-order valence-electron chi connectivity index (χ4n) is 5.49. The topological polar surface area (TPSA) is 71.8 Å². The molecule has 0 amide bonds. The molecule has 1 unspecified atom stereocenters. The minimum atomic E-state index is -0.830. The number of benzene rings is 2. The molecular formula is C26H23FN2O4S. The van der Waals surface area contributed by atoms with Gasteiger partial charge < -0.3 is 9.84 Å². The van der Waals surface area contributed by atoms with E-state index in [1.165, 1.54) is 18.3 Å². The molecule has 1 saturated heterocycles. The van der Waals surface area contributed by atoms with Crippen LogP contribution in [-0.4, -0.2) is 35.3 Å². The molecule has 0 radical (unpaired) electrons. The van der Waals surface area contributed by atoms with Gasteiger partial charge in [-0.3, -0.25) is 19.3 Å². The molecule has 3 aliphatic heterocycles. The molecule has 4 heterocycles. The van der Waals surface area contributed by atoms with E-state index in [4.69, 9.17) is 4.74 Å². The molecule has 34 heavy (non-hydrogen) atoms. The predicted molar refractivity (Wildman–Crippen MR) is 127 cm³/mol. The Morgan fingerprint density at radius 3 is 2.68 bits per heavy atom. The minimum absolute atomic E-state index is 0.0343. The molecule has 0 saturated carbocycles. The first-order valence-electron chi connectivity index (χ1n) is 11.3. The number of carbonyl (C=O) groups is 1. The Morgan fingerprint density at radius 1 is 1.06 bits per heavy atom. The molecule has 1 fully saturated rings. The van der Waals surface area contributed by atoms with Crippen LogP contribution in [0, 0.1) is 11.2 Å². The Morgan fingerprint density at radius 2 is 1.85 bits per heavy atom. The summed E-state index contributed by atoms with van der Waals surface area (Å²) in [4.78, 5) is 27.2. The lowest BCUT2D eigenvalue weighted by Crippen LogP contribution is -2.57. The van der Waals surface area contributed by atoms with E-state index in [0.29, 0.717) is 43.9 Å². The van der Waals surface area contributed by atoms with Crippen molar-refractivity contribution in [3.63, 3.8) is 0 Å². The highest BCUT2D eigenvalue weighted by Gasteiger charge is 2.50. The van der Waals surface area contributed by atoms with Crippen molar-refractivity contribution in [3.05, 3.63) is 93.2 Å². The van der Waals surface area contributed by atoms with Crippen LogP contribution in [0.4, 0.5) is 4.39 Å². The average molecular weight is 479 g/mol. The average Bonchev–Trinajstić information content (AvgIpc) is 3.02. The Bertz CT molecular complexity index is 1370. The number of nitrogens with zero attached hydrogens (tertiary/aromatic N) is 2. The second-order valence-corrected chi connectivity index (χ2v) is 10.1. The van der Waals surface area contributed by atoms with Gasteiger partial charge in [-0.05, 0) is 36.1 Å². The monoisotopic (exact) mass is 478 g/mol. The van der Waals surface area contributed by atoms with E-state index >= 15 is 4.39 Å². The van der Waals surface area contributed by atoms with Crippen molar-refractivity contribution in [2.45, 2.75) is 29.5 Å². The molecule has 1 aromatic heterocycles. The third-order valence-electron chi connectivity index (χ3n) is 7.25. The summed E-state index contributed by atoms with van der Waals surface area (Å²) >= 11 is 1.65. The van der Waals surface area contributed by atoms with Crippen molar-refractivity contribution < 1.29 is 19.0 Å². The van der Waals surface area contributed by atoms with Crippen LogP contribution in [0.2, 0.25) is 0 Å². The zero-order valence-corrected chi connectivity index (χ0v) is 19.2. The normalized spacial score (nSPS) is 20.9. The van der Waals surface area contributed by atoms with Gasteiger partial charge in [-0.1, -0.05) is 30.3 Å². The molecule has 1 spiro atoms. The van der Waals surface area contributed by atoms with Crippen molar-refractivity contribution >= 4 is 17.5 Å². The van der Waals surface area contributed by atoms with Crippen LogP contribution < -0.4 is 10.4 Å². The molecule has 8 heteroatoms. The van der Waals surface area contributed by atoms with Crippen LogP contribution in [0.5, 0.6) is 5.75 Å². The van der Waals surface area contributed by atoms with Gasteiger partial charge in [-0.25, -0.2) is 4.39 Å². The van der Waals surface area contributed by atoms with E-state index in [-0.39, 0.29) is 17.3 Å². The van der Waals surface area contributed by atoms with Gasteiger partial charge in [0, 0.05) is 48.2 Å². The SMILES string of the molecule is O=C1c2c(O)c(=O)ccn2N(C2c3ccccc3SCc3cccc(F)c32)CC12CCOCC2. The number of pyridine rings is 1. The van der Waals surface area contributed by atoms with Gasteiger partial charge >= 0.3 is 0 Å². The summed E-state index contributed by atoms with van der Waals surface area (Å²) in [5.41, 5.74) is 0.900. The number of Topliss-reactive ketones (excluding diaryl/α,β-unsaturated/α-hetero) is 1. The van der Waals surface area contributed by atoms with E-state index in [2.05, 4.69) is 0 Å². The number of thioether (sulfide) groups is 1. The van der Waals surface area contributed by atoms with Crippen LogP contribution in [0.3, 0.4) is 0 Å². The lowest BCUT2D eigenvalue weighted by atomic mass is 9.73. The lowest BCUT2D eigenvalue weighted by Gasteiger charge is -2.49. The Hall–Kier alpha value is -3.10. The number of hydrogen-bond acceptors (Lipinski definition) is 6. The second-order valence-electron chi connectivity index (χ2n) is 9.08. The number of ketones is 1. The smallest absolute Gasteiger partial charge is 0.224 e. The molecule has 1 N–H and O–H groups in total. The summed E-state index contributed by atoms with van der Waals surface area (Å²) in [6, 6.07) is 13.7. The summed E-state index contributed by atoms with van der Waals surface area (Å²) in [6.45, 7) is 1.15. The number of ether oxygens (including phenoxy) is 1. The highest BCUT2D eigenvalue weighted by molar-refractivity contribution is 7.98. The molecular weight excluding hydrogens is 455 g/mol. The molecule has 2 aromatic carbocycles. The number of aromatic hydroxyl groups is 1. The fraction of sp³-hybridized carbons (Fsp3) is 0.308. The number of aromatic nitrogens is 1. The van der Waals surface area contributed by atoms with Gasteiger partial charge in [0.15, 0.2) is 17.2 Å². The second kappa shape index (κ2) is 7.99. The first-order chi connectivity index (χ1) is 16.5.